The van der Waals surface area contributed by atoms with Gasteiger partial charge in [-0.3, -0.25) is 0 Å². The molecule has 70 valence electrons. The molecule has 0 fully saturated rings. The van der Waals surface area contributed by atoms with Gasteiger partial charge in [-0.25, -0.2) is 4.98 Å². The summed E-state index contributed by atoms with van der Waals surface area (Å²) >= 11 is 0. The van der Waals surface area contributed by atoms with Crippen LogP contribution in [0.4, 0.5) is 5.82 Å². The standard InChI is InChI=1S/C9H13N3O/c1-4-5-12-6-11-8(9(12)10)7(2)13-3/h1,6-7H,5,10H2,2-3H3. The first kappa shape index (κ1) is 9.62. The molecule has 0 radical (unpaired) electrons. The van der Waals surface area contributed by atoms with Gasteiger partial charge in [-0.15, -0.1) is 6.42 Å². The third-order valence-corrected chi connectivity index (χ3v) is 1.91. The van der Waals surface area contributed by atoms with E-state index in [1.165, 1.54) is 0 Å². The van der Waals surface area contributed by atoms with Crippen molar-refractivity contribution in [3.05, 3.63) is 12.0 Å². The Labute approximate surface area is 77.7 Å². The third kappa shape index (κ3) is 1.82. The molecule has 0 saturated carbocycles. The largest absolute Gasteiger partial charge is 0.383 e. The zero-order valence-corrected chi connectivity index (χ0v) is 7.82. The van der Waals surface area contributed by atoms with E-state index in [0.717, 1.165) is 5.69 Å². The normalized spacial score (nSPS) is 12.4. The number of methoxy groups -OCH3 is 1. The maximum Gasteiger partial charge on any atom is 0.130 e. The number of nitrogen functional groups attached to an aromatic ring is 1. The minimum Gasteiger partial charge on any atom is -0.383 e. The van der Waals surface area contributed by atoms with Crippen molar-refractivity contribution < 1.29 is 4.74 Å². The van der Waals surface area contributed by atoms with E-state index >= 15 is 0 Å². The first-order valence-corrected chi connectivity index (χ1v) is 3.97. The lowest BCUT2D eigenvalue weighted by Crippen LogP contribution is -2.05. The molecule has 13 heavy (non-hydrogen) atoms. The molecule has 1 aromatic heterocycles. The van der Waals surface area contributed by atoms with E-state index in [0.29, 0.717) is 12.4 Å². The van der Waals surface area contributed by atoms with Crippen molar-refractivity contribution in [2.45, 2.75) is 19.6 Å². The fraction of sp³-hybridized carbons (Fsp3) is 0.444. The van der Waals surface area contributed by atoms with Crippen molar-refractivity contribution in [3.63, 3.8) is 0 Å². The summed E-state index contributed by atoms with van der Waals surface area (Å²) in [6.07, 6.45) is 6.69. The van der Waals surface area contributed by atoms with Crippen LogP contribution in [0, 0.1) is 12.3 Å². The quantitative estimate of drug-likeness (QED) is 0.698. The fourth-order valence-corrected chi connectivity index (χ4v) is 1.06. The summed E-state index contributed by atoms with van der Waals surface area (Å²) in [5.41, 5.74) is 6.52. The third-order valence-electron chi connectivity index (χ3n) is 1.91. The molecular weight excluding hydrogens is 166 g/mol. The van der Waals surface area contributed by atoms with E-state index in [9.17, 15) is 0 Å². The minimum absolute atomic E-state index is 0.0981. The van der Waals surface area contributed by atoms with Crippen LogP contribution in [-0.2, 0) is 11.3 Å². The van der Waals surface area contributed by atoms with E-state index < -0.39 is 0 Å². The highest BCUT2D eigenvalue weighted by Crippen LogP contribution is 2.20. The van der Waals surface area contributed by atoms with Gasteiger partial charge in [0.1, 0.15) is 11.5 Å². The molecule has 0 aliphatic carbocycles. The van der Waals surface area contributed by atoms with Gasteiger partial charge in [0.2, 0.25) is 0 Å². The monoisotopic (exact) mass is 179 g/mol. The van der Waals surface area contributed by atoms with Crippen molar-refractivity contribution in [2.75, 3.05) is 12.8 Å². The fourth-order valence-electron chi connectivity index (χ4n) is 1.06. The smallest absolute Gasteiger partial charge is 0.130 e. The number of nitrogens with zero attached hydrogens (tertiary/aromatic N) is 2. The average Bonchev–Trinajstić information content (AvgIpc) is 2.48. The highest BCUT2D eigenvalue weighted by atomic mass is 16.5. The highest BCUT2D eigenvalue weighted by molar-refractivity contribution is 5.37. The Hall–Kier alpha value is -1.47. The van der Waals surface area contributed by atoms with Crippen LogP contribution in [0.2, 0.25) is 0 Å². The van der Waals surface area contributed by atoms with Crippen LogP contribution in [-0.4, -0.2) is 16.7 Å². The van der Waals surface area contributed by atoms with E-state index in [1.54, 1.807) is 18.0 Å². The zero-order chi connectivity index (χ0) is 9.84. The first-order valence-electron chi connectivity index (χ1n) is 3.97. The second kappa shape index (κ2) is 3.97. The number of aromatic nitrogens is 2. The van der Waals surface area contributed by atoms with Crippen LogP contribution < -0.4 is 5.73 Å². The Kier molecular flexibility index (Phi) is 2.93. The molecule has 0 aromatic carbocycles. The zero-order valence-electron chi connectivity index (χ0n) is 7.82. The maximum atomic E-state index is 5.79. The predicted octanol–water partition coefficient (Wildman–Crippen LogP) is 0.806. The lowest BCUT2D eigenvalue weighted by Gasteiger charge is -2.07. The molecule has 2 N–H and O–H groups in total. The predicted molar refractivity (Wildman–Crippen MR) is 50.9 cm³/mol. The molecule has 1 unspecified atom stereocenters. The van der Waals surface area contributed by atoms with Crippen LogP contribution in [0.15, 0.2) is 6.33 Å². The van der Waals surface area contributed by atoms with Gasteiger partial charge in [0, 0.05) is 7.11 Å². The number of hydrogen-bond donors (Lipinski definition) is 1. The Morgan fingerprint density at radius 1 is 1.85 bits per heavy atom. The molecule has 1 aromatic rings. The molecule has 1 rings (SSSR count). The molecule has 1 heterocycles. The SMILES string of the molecule is C#CCn1cnc(C(C)OC)c1N. The molecule has 0 saturated heterocycles. The van der Waals surface area contributed by atoms with E-state index in [2.05, 4.69) is 10.9 Å². The summed E-state index contributed by atoms with van der Waals surface area (Å²) < 4.78 is 6.81. The molecule has 1 atom stereocenters. The van der Waals surface area contributed by atoms with Crippen LogP contribution in [0.25, 0.3) is 0 Å². The van der Waals surface area contributed by atoms with Gasteiger partial charge >= 0.3 is 0 Å². The Balaban J connectivity index is 2.93. The van der Waals surface area contributed by atoms with Gasteiger partial charge in [-0.1, -0.05) is 5.92 Å². The lowest BCUT2D eigenvalue weighted by molar-refractivity contribution is 0.117. The molecule has 0 spiro atoms. The Morgan fingerprint density at radius 2 is 2.54 bits per heavy atom. The number of hydrogen-bond acceptors (Lipinski definition) is 3. The molecule has 0 amide bonds. The number of ether oxygens (including phenoxy) is 1. The van der Waals surface area contributed by atoms with Gasteiger partial charge in [-0.05, 0) is 6.92 Å². The number of imidazole rings is 1. The molecule has 0 aliphatic rings. The maximum absolute atomic E-state index is 5.79. The first-order chi connectivity index (χ1) is 6.20. The number of rotatable bonds is 3. The van der Waals surface area contributed by atoms with E-state index in [-0.39, 0.29) is 6.10 Å². The second-order valence-electron chi connectivity index (χ2n) is 2.73. The summed E-state index contributed by atoms with van der Waals surface area (Å²) in [4.78, 5) is 4.12. The van der Waals surface area contributed by atoms with Gasteiger partial charge in [-0.2, -0.15) is 0 Å². The summed E-state index contributed by atoms with van der Waals surface area (Å²) in [6, 6.07) is 0. The summed E-state index contributed by atoms with van der Waals surface area (Å²) in [6.45, 7) is 2.33. The molecular formula is C9H13N3O. The molecule has 4 nitrogen and oxygen atoms in total. The van der Waals surface area contributed by atoms with Crippen molar-refractivity contribution >= 4 is 5.82 Å². The van der Waals surface area contributed by atoms with Crippen LogP contribution in [0.5, 0.6) is 0 Å². The van der Waals surface area contributed by atoms with Crippen molar-refractivity contribution in [1.29, 1.82) is 0 Å². The van der Waals surface area contributed by atoms with Crippen molar-refractivity contribution in [3.8, 4) is 12.3 Å². The van der Waals surface area contributed by atoms with Gasteiger partial charge in [0.05, 0.1) is 19.0 Å². The van der Waals surface area contributed by atoms with Gasteiger partial charge < -0.3 is 15.0 Å². The topological polar surface area (TPSA) is 53.1 Å². The number of terminal acetylenes is 1. The molecule has 0 bridgehead atoms. The van der Waals surface area contributed by atoms with E-state index in [4.69, 9.17) is 16.9 Å². The molecule has 4 heteroatoms. The number of nitrogens with two attached hydrogens (primary N) is 1. The highest BCUT2D eigenvalue weighted by Gasteiger charge is 2.13. The number of anilines is 1. The summed E-state index contributed by atoms with van der Waals surface area (Å²) in [5.74, 6) is 3.07. The second-order valence-corrected chi connectivity index (χ2v) is 2.73. The summed E-state index contributed by atoms with van der Waals surface area (Å²) in [5, 5.41) is 0. The van der Waals surface area contributed by atoms with Crippen LogP contribution in [0.3, 0.4) is 0 Å². The van der Waals surface area contributed by atoms with Crippen molar-refractivity contribution in [1.82, 2.24) is 9.55 Å². The average molecular weight is 179 g/mol. The molecule has 0 aliphatic heterocycles. The van der Waals surface area contributed by atoms with Crippen LogP contribution in [0.1, 0.15) is 18.7 Å². The van der Waals surface area contributed by atoms with Gasteiger partial charge in [0.25, 0.3) is 0 Å². The van der Waals surface area contributed by atoms with E-state index in [1.807, 2.05) is 6.92 Å². The Bertz CT molecular complexity index is 324. The lowest BCUT2D eigenvalue weighted by atomic mass is 10.3. The minimum atomic E-state index is -0.0981. The summed E-state index contributed by atoms with van der Waals surface area (Å²) in [7, 11) is 1.62. The van der Waals surface area contributed by atoms with Gasteiger partial charge in [0.15, 0.2) is 0 Å². The van der Waals surface area contributed by atoms with Crippen molar-refractivity contribution in [2.24, 2.45) is 0 Å². The van der Waals surface area contributed by atoms with Crippen LogP contribution >= 0.6 is 0 Å². The Morgan fingerprint density at radius 3 is 3.08 bits per heavy atom.